The van der Waals surface area contributed by atoms with Gasteiger partial charge in [-0.05, 0) is 35.0 Å². The fourth-order valence-electron chi connectivity index (χ4n) is 2.05. The summed E-state index contributed by atoms with van der Waals surface area (Å²) in [5, 5.41) is 5.22. The molecular formula is C17H14N2OS. The first-order valence-corrected chi connectivity index (χ1v) is 7.61. The minimum atomic E-state index is -0.00732. The van der Waals surface area contributed by atoms with Gasteiger partial charge in [0.15, 0.2) is 0 Å². The van der Waals surface area contributed by atoms with Crippen LogP contribution < -0.4 is 5.32 Å². The third kappa shape index (κ3) is 3.61. The first-order valence-electron chi connectivity index (χ1n) is 6.63. The molecule has 3 rings (SSSR count). The number of pyridine rings is 1. The third-order valence-corrected chi connectivity index (χ3v) is 4.06. The molecule has 104 valence electrons. The predicted molar refractivity (Wildman–Crippen MR) is 87.5 cm³/mol. The van der Waals surface area contributed by atoms with E-state index in [2.05, 4.69) is 16.4 Å². The molecule has 2 aromatic carbocycles. The number of thioether (sulfide) groups is 1. The van der Waals surface area contributed by atoms with Crippen LogP contribution >= 0.6 is 11.8 Å². The van der Waals surface area contributed by atoms with Crippen molar-refractivity contribution in [3.05, 3.63) is 67.0 Å². The molecule has 4 heteroatoms. The molecule has 0 aliphatic rings. The van der Waals surface area contributed by atoms with Gasteiger partial charge < -0.3 is 5.32 Å². The number of hydrogen-bond acceptors (Lipinski definition) is 3. The summed E-state index contributed by atoms with van der Waals surface area (Å²) in [5.41, 5.74) is 0.828. The molecule has 0 fully saturated rings. The summed E-state index contributed by atoms with van der Waals surface area (Å²) in [6.07, 6.45) is 3.45. The van der Waals surface area contributed by atoms with Gasteiger partial charge in [-0.15, -0.1) is 11.8 Å². The molecule has 1 aromatic heterocycles. The number of anilines is 1. The zero-order valence-corrected chi connectivity index (χ0v) is 12.1. The number of benzene rings is 2. The number of aromatic nitrogens is 1. The van der Waals surface area contributed by atoms with E-state index in [1.54, 1.807) is 12.4 Å². The molecule has 3 nitrogen and oxygen atoms in total. The van der Waals surface area contributed by atoms with Crippen LogP contribution in [0.25, 0.3) is 10.8 Å². The fraction of sp³-hybridized carbons (Fsp3) is 0.0588. The Balaban J connectivity index is 1.63. The Bertz CT molecular complexity index is 759. The summed E-state index contributed by atoms with van der Waals surface area (Å²) < 4.78 is 0. The minimum absolute atomic E-state index is 0.00732. The van der Waals surface area contributed by atoms with E-state index in [4.69, 9.17) is 0 Å². The highest BCUT2D eigenvalue weighted by molar-refractivity contribution is 8.00. The zero-order valence-electron chi connectivity index (χ0n) is 11.3. The molecule has 0 radical (unpaired) electrons. The van der Waals surface area contributed by atoms with Crippen molar-refractivity contribution >= 4 is 34.1 Å². The lowest BCUT2D eigenvalue weighted by Crippen LogP contribution is -2.13. The highest BCUT2D eigenvalue weighted by Crippen LogP contribution is 2.20. The Kier molecular flexibility index (Phi) is 4.17. The largest absolute Gasteiger partial charge is 0.325 e. The van der Waals surface area contributed by atoms with Gasteiger partial charge in [0.2, 0.25) is 5.91 Å². The molecule has 1 amide bonds. The molecule has 0 bridgehead atoms. The maximum Gasteiger partial charge on any atom is 0.234 e. The molecule has 0 unspecified atom stereocenters. The smallest absolute Gasteiger partial charge is 0.234 e. The Morgan fingerprint density at radius 2 is 1.76 bits per heavy atom. The number of rotatable bonds is 4. The monoisotopic (exact) mass is 294 g/mol. The Morgan fingerprint density at radius 1 is 1.00 bits per heavy atom. The molecule has 3 aromatic rings. The Labute approximate surface area is 127 Å². The van der Waals surface area contributed by atoms with Crippen LogP contribution in [0.15, 0.2) is 71.9 Å². The van der Waals surface area contributed by atoms with Crippen molar-refractivity contribution in [2.24, 2.45) is 0 Å². The van der Waals surface area contributed by atoms with E-state index in [1.165, 1.54) is 17.1 Å². The second-order valence-electron chi connectivity index (χ2n) is 4.58. The lowest BCUT2D eigenvalue weighted by molar-refractivity contribution is -0.113. The SMILES string of the molecule is O=C(CSc1ccncc1)Nc1ccc2ccccc2c1. The van der Waals surface area contributed by atoms with Gasteiger partial charge in [-0.1, -0.05) is 30.3 Å². The van der Waals surface area contributed by atoms with Crippen molar-refractivity contribution in [2.45, 2.75) is 4.90 Å². The number of nitrogens with one attached hydrogen (secondary N) is 1. The molecule has 0 aliphatic heterocycles. The molecular weight excluding hydrogens is 280 g/mol. The van der Waals surface area contributed by atoms with Crippen molar-refractivity contribution in [3.8, 4) is 0 Å². The van der Waals surface area contributed by atoms with E-state index in [9.17, 15) is 4.79 Å². The maximum absolute atomic E-state index is 12.0. The van der Waals surface area contributed by atoms with Crippen LogP contribution in [0.1, 0.15) is 0 Å². The van der Waals surface area contributed by atoms with Crippen molar-refractivity contribution in [1.29, 1.82) is 0 Å². The van der Waals surface area contributed by atoms with Gasteiger partial charge in [-0.25, -0.2) is 0 Å². The minimum Gasteiger partial charge on any atom is -0.325 e. The van der Waals surface area contributed by atoms with Gasteiger partial charge in [0.25, 0.3) is 0 Å². The molecule has 0 saturated heterocycles. The van der Waals surface area contributed by atoms with Gasteiger partial charge in [-0.3, -0.25) is 9.78 Å². The second kappa shape index (κ2) is 6.41. The number of fused-ring (bicyclic) bond motifs is 1. The van der Waals surface area contributed by atoms with Gasteiger partial charge >= 0.3 is 0 Å². The average Bonchev–Trinajstić information content (AvgIpc) is 2.54. The van der Waals surface area contributed by atoms with Crippen LogP contribution in [0.3, 0.4) is 0 Å². The predicted octanol–water partition coefficient (Wildman–Crippen LogP) is 3.97. The van der Waals surface area contributed by atoms with Crippen LogP contribution in [0.5, 0.6) is 0 Å². The molecule has 0 aliphatic carbocycles. The molecule has 0 atom stereocenters. The second-order valence-corrected chi connectivity index (χ2v) is 5.63. The average molecular weight is 294 g/mol. The van der Waals surface area contributed by atoms with Crippen LogP contribution in [0, 0.1) is 0 Å². The number of carbonyl (C=O) groups excluding carboxylic acids is 1. The van der Waals surface area contributed by atoms with Crippen molar-refractivity contribution in [1.82, 2.24) is 4.98 Å². The quantitative estimate of drug-likeness (QED) is 0.740. The van der Waals surface area contributed by atoms with Gasteiger partial charge in [0, 0.05) is 23.0 Å². The van der Waals surface area contributed by atoms with E-state index < -0.39 is 0 Å². The topological polar surface area (TPSA) is 42.0 Å². The Hall–Kier alpha value is -2.33. The molecule has 1 heterocycles. The van der Waals surface area contributed by atoms with Crippen LogP contribution in [-0.2, 0) is 4.79 Å². The van der Waals surface area contributed by atoms with Crippen molar-refractivity contribution < 1.29 is 4.79 Å². The summed E-state index contributed by atoms with van der Waals surface area (Å²) in [6, 6.07) is 17.8. The highest BCUT2D eigenvalue weighted by atomic mass is 32.2. The van der Waals surface area contributed by atoms with Crippen LogP contribution in [0.2, 0.25) is 0 Å². The van der Waals surface area contributed by atoms with Crippen LogP contribution in [0.4, 0.5) is 5.69 Å². The molecule has 21 heavy (non-hydrogen) atoms. The number of hydrogen-bond donors (Lipinski definition) is 1. The van der Waals surface area contributed by atoms with Gasteiger partial charge in [-0.2, -0.15) is 0 Å². The fourth-order valence-corrected chi connectivity index (χ4v) is 2.73. The summed E-state index contributed by atoms with van der Waals surface area (Å²) in [4.78, 5) is 17.0. The molecule has 0 spiro atoms. The van der Waals surface area contributed by atoms with E-state index in [0.29, 0.717) is 5.75 Å². The Morgan fingerprint density at radius 3 is 2.57 bits per heavy atom. The lowest BCUT2D eigenvalue weighted by Gasteiger charge is -2.06. The third-order valence-electron chi connectivity index (χ3n) is 3.05. The first-order chi connectivity index (χ1) is 10.3. The van der Waals surface area contributed by atoms with Gasteiger partial charge in [0.05, 0.1) is 5.75 Å². The zero-order chi connectivity index (χ0) is 14.5. The standard InChI is InChI=1S/C17H14N2OS/c20-17(12-21-16-7-9-18-10-8-16)19-15-6-5-13-3-1-2-4-14(13)11-15/h1-11H,12H2,(H,19,20). The molecule has 0 saturated carbocycles. The summed E-state index contributed by atoms with van der Waals surface area (Å²) >= 11 is 1.50. The van der Waals surface area contributed by atoms with Gasteiger partial charge in [0.1, 0.15) is 0 Å². The highest BCUT2D eigenvalue weighted by Gasteiger charge is 2.04. The number of amides is 1. The van der Waals surface area contributed by atoms with Crippen molar-refractivity contribution in [3.63, 3.8) is 0 Å². The van der Waals surface area contributed by atoms with Crippen molar-refractivity contribution in [2.75, 3.05) is 11.1 Å². The summed E-state index contributed by atoms with van der Waals surface area (Å²) in [5.74, 6) is 0.378. The maximum atomic E-state index is 12.0. The lowest BCUT2D eigenvalue weighted by atomic mass is 10.1. The van der Waals surface area contributed by atoms with E-state index in [0.717, 1.165) is 16.0 Å². The first kappa shape index (κ1) is 13.6. The van der Waals surface area contributed by atoms with E-state index >= 15 is 0 Å². The van der Waals surface area contributed by atoms with E-state index in [1.807, 2.05) is 48.5 Å². The van der Waals surface area contributed by atoms with Crippen LogP contribution in [-0.4, -0.2) is 16.6 Å². The summed E-state index contributed by atoms with van der Waals surface area (Å²) in [6.45, 7) is 0. The molecule has 1 N–H and O–H groups in total. The number of nitrogens with zero attached hydrogens (tertiary/aromatic N) is 1. The van der Waals surface area contributed by atoms with E-state index in [-0.39, 0.29) is 5.91 Å². The summed E-state index contributed by atoms with van der Waals surface area (Å²) in [7, 11) is 0. The number of carbonyl (C=O) groups is 1. The normalized spacial score (nSPS) is 10.5.